The van der Waals surface area contributed by atoms with E-state index in [2.05, 4.69) is 29.8 Å². The van der Waals surface area contributed by atoms with Gasteiger partial charge in [0.05, 0.1) is 22.6 Å². The van der Waals surface area contributed by atoms with Crippen molar-refractivity contribution >= 4 is 28.8 Å². The zero-order chi connectivity index (χ0) is 27.7. The number of carbonyl (C=O) groups excluding carboxylic acids is 2. The number of aromatic nitrogens is 2. The van der Waals surface area contributed by atoms with Crippen LogP contribution in [0.15, 0.2) is 43.0 Å². The Bertz CT molecular complexity index is 1420. The smallest absolute Gasteiger partial charge is 0.261 e. The predicted octanol–water partition coefficient (Wildman–Crippen LogP) is 5.46. The molecule has 0 saturated carbocycles. The fourth-order valence-electron chi connectivity index (χ4n) is 5.98. The molecular weight excluding hydrogens is 500 g/mol. The number of rotatable bonds is 6. The van der Waals surface area contributed by atoms with E-state index in [1.165, 1.54) is 24.6 Å². The summed E-state index contributed by atoms with van der Waals surface area (Å²) in [5.74, 6) is -2.27. The summed E-state index contributed by atoms with van der Waals surface area (Å²) in [4.78, 5) is 34.7. The molecule has 1 aromatic heterocycles. The molecule has 2 fully saturated rings. The van der Waals surface area contributed by atoms with Crippen LogP contribution in [-0.4, -0.2) is 57.3 Å². The molecule has 3 heterocycles. The van der Waals surface area contributed by atoms with E-state index in [4.69, 9.17) is 4.98 Å². The van der Waals surface area contributed by atoms with Gasteiger partial charge in [-0.15, -0.1) is 0 Å². The third-order valence-electron chi connectivity index (χ3n) is 7.87. The molecule has 0 spiro atoms. The maximum atomic E-state index is 14.5. The summed E-state index contributed by atoms with van der Waals surface area (Å²) in [5.41, 5.74) is 3.33. The molecule has 9 heteroatoms. The highest BCUT2D eigenvalue weighted by Crippen LogP contribution is 2.33. The highest BCUT2D eigenvalue weighted by molar-refractivity contribution is 6.04. The molecule has 2 aliphatic heterocycles. The second kappa shape index (κ2) is 11.3. The number of carbonyl (C=O) groups is 2. The van der Waals surface area contributed by atoms with Crippen molar-refractivity contribution in [2.24, 2.45) is 5.92 Å². The van der Waals surface area contributed by atoms with Crippen LogP contribution in [0.1, 0.15) is 60.1 Å². The normalized spacial score (nSPS) is 20.3. The number of imidazole rings is 1. The minimum atomic E-state index is -1.20. The van der Waals surface area contributed by atoms with Gasteiger partial charge in [-0.2, -0.15) is 0 Å². The number of fused-ring (bicyclic) bond motifs is 1. The molecule has 39 heavy (non-hydrogen) atoms. The van der Waals surface area contributed by atoms with E-state index in [0.717, 1.165) is 67.1 Å². The van der Waals surface area contributed by atoms with E-state index in [-0.39, 0.29) is 17.9 Å². The van der Waals surface area contributed by atoms with Crippen molar-refractivity contribution in [3.63, 3.8) is 0 Å². The van der Waals surface area contributed by atoms with E-state index >= 15 is 0 Å². The first-order valence-corrected chi connectivity index (χ1v) is 13.7. The van der Waals surface area contributed by atoms with Crippen molar-refractivity contribution < 1.29 is 18.4 Å². The topological polar surface area (TPSA) is 70.5 Å². The van der Waals surface area contributed by atoms with Crippen LogP contribution in [0.25, 0.3) is 11.0 Å². The Balaban J connectivity index is 1.57. The third-order valence-corrected chi connectivity index (χ3v) is 7.87. The molecule has 1 N–H and O–H groups in total. The van der Waals surface area contributed by atoms with Crippen molar-refractivity contribution in [2.45, 2.75) is 52.1 Å². The van der Waals surface area contributed by atoms with Gasteiger partial charge < -0.3 is 9.47 Å². The fourth-order valence-corrected chi connectivity index (χ4v) is 5.98. The van der Waals surface area contributed by atoms with Gasteiger partial charge in [-0.1, -0.05) is 25.6 Å². The van der Waals surface area contributed by atoms with E-state index < -0.39 is 23.1 Å². The molecule has 2 saturated heterocycles. The summed E-state index contributed by atoms with van der Waals surface area (Å²) in [5, 5.41) is 2.76. The lowest BCUT2D eigenvalue weighted by molar-refractivity contribution is -0.126. The van der Waals surface area contributed by atoms with Gasteiger partial charge in [0.25, 0.3) is 5.91 Å². The van der Waals surface area contributed by atoms with Crippen molar-refractivity contribution in [2.75, 3.05) is 31.5 Å². The van der Waals surface area contributed by atoms with E-state index in [1.54, 1.807) is 4.90 Å². The molecule has 206 valence electrons. The Kier molecular flexibility index (Phi) is 7.79. The van der Waals surface area contributed by atoms with Crippen molar-refractivity contribution in [1.82, 2.24) is 19.4 Å². The van der Waals surface area contributed by atoms with E-state index in [0.29, 0.717) is 19.0 Å². The largest absolute Gasteiger partial charge is 0.337 e. The van der Waals surface area contributed by atoms with Gasteiger partial charge in [-0.25, -0.2) is 13.8 Å². The molecule has 0 aliphatic carbocycles. The average Bonchev–Trinajstić information content (AvgIpc) is 3.38. The van der Waals surface area contributed by atoms with Crippen molar-refractivity contribution in [3.8, 4) is 0 Å². The molecule has 7 nitrogen and oxygen atoms in total. The number of hydrogen-bond donors (Lipinski definition) is 1. The van der Waals surface area contributed by atoms with Gasteiger partial charge in [0.15, 0.2) is 11.6 Å². The SMILES string of the molecule is C=CC(=O)N1CCCC[C@@H](n2c(NC(=O)c3cccc(F)c3F)nc3cc(CN4CC[C@@H](C)C4)cc(C)c32)C1. The number of hydrogen-bond acceptors (Lipinski definition) is 4. The lowest BCUT2D eigenvalue weighted by Gasteiger charge is -2.26. The van der Waals surface area contributed by atoms with Gasteiger partial charge >= 0.3 is 0 Å². The first-order valence-electron chi connectivity index (χ1n) is 13.7. The molecule has 0 bridgehead atoms. The van der Waals surface area contributed by atoms with E-state index in [9.17, 15) is 18.4 Å². The molecule has 3 aromatic rings. The lowest BCUT2D eigenvalue weighted by atomic mass is 10.1. The molecule has 0 unspecified atom stereocenters. The molecule has 2 amide bonds. The standard InChI is InChI=1S/C30H35F2N5O2/c1-4-26(38)36-12-6-5-8-22(18-36)37-28-20(3)14-21(17-35-13-11-19(2)16-35)15-25(28)33-30(37)34-29(39)23-9-7-10-24(31)27(23)32/h4,7,9-10,14-15,19,22H,1,5-6,8,11-13,16-18H2,2-3H3,(H,33,34,39)/t19-,22-/m1/s1. The van der Waals surface area contributed by atoms with Gasteiger partial charge in [0.1, 0.15) is 0 Å². The Hall–Kier alpha value is -3.59. The number of amides is 2. The molecular formula is C30H35F2N5O2. The lowest BCUT2D eigenvalue weighted by Crippen LogP contribution is -2.34. The fraction of sp³-hybridized carbons (Fsp3) is 0.433. The van der Waals surface area contributed by atoms with Crippen LogP contribution in [0.2, 0.25) is 0 Å². The summed E-state index contributed by atoms with van der Waals surface area (Å²) >= 11 is 0. The van der Waals surface area contributed by atoms with Crippen LogP contribution in [0.3, 0.4) is 0 Å². The average molecular weight is 536 g/mol. The van der Waals surface area contributed by atoms with Crippen LogP contribution >= 0.6 is 0 Å². The quantitative estimate of drug-likeness (QED) is 0.426. The molecule has 0 radical (unpaired) electrons. The molecule has 2 atom stereocenters. The second-order valence-electron chi connectivity index (χ2n) is 10.9. The molecule has 2 aliphatic rings. The van der Waals surface area contributed by atoms with Crippen molar-refractivity contribution in [1.29, 1.82) is 0 Å². The number of nitrogens with one attached hydrogen (secondary N) is 1. The Morgan fingerprint density at radius 2 is 1.97 bits per heavy atom. The number of likely N-dealkylation sites (tertiary alicyclic amines) is 2. The number of halogens is 2. The minimum absolute atomic E-state index is 0.141. The highest BCUT2D eigenvalue weighted by atomic mass is 19.2. The monoisotopic (exact) mass is 535 g/mol. The van der Waals surface area contributed by atoms with Gasteiger partial charge in [0, 0.05) is 26.2 Å². The first-order chi connectivity index (χ1) is 18.7. The Labute approximate surface area is 227 Å². The van der Waals surface area contributed by atoms with Gasteiger partial charge in [-0.05, 0) is 80.5 Å². The van der Waals surface area contributed by atoms with Gasteiger partial charge in [-0.3, -0.25) is 19.8 Å². The molecule has 2 aromatic carbocycles. The third kappa shape index (κ3) is 5.59. The van der Waals surface area contributed by atoms with Crippen LogP contribution in [-0.2, 0) is 11.3 Å². The zero-order valence-corrected chi connectivity index (χ0v) is 22.6. The van der Waals surface area contributed by atoms with E-state index in [1.807, 2.05) is 17.6 Å². The van der Waals surface area contributed by atoms with Crippen LogP contribution in [0.4, 0.5) is 14.7 Å². The number of anilines is 1. The van der Waals surface area contributed by atoms with Gasteiger partial charge in [0.2, 0.25) is 11.9 Å². The Morgan fingerprint density at radius 3 is 2.72 bits per heavy atom. The number of nitrogens with zero attached hydrogens (tertiary/aromatic N) is 4. The summed E-state index contributed by atoms with van der Waals surface area (Å²) in [7, 11) is 0. The first kappa shape index (κ1) is 27.0. The summed E-state index contributed by atoms with van der Waals surface area (Å²) in [6, 6.07) is 7.56. The summed E-state index contributed by atoms with van der Waals surface area (Å²) in [6.45, 7) is 11.9. The highest BCUT2D eigenvalue weighted by Gasteiger charge is 2.28. The maximum Gasteiger partial charge on any atom is 0.261 e. The molecule has 5 rings (SSSR count). The summed E-state index contributed by atoms with van der Waals surface area (Å²) < 4.78 is 30.3. The minimum Gasteiger partial charge on any atom is -0.337 e. The second-order valence-corrected chi connectivity index (χ2v) is 10.9. The Morgan fingerprint density at radius 1 is 1.15 bits per heavy atom. The summed E-state index contributed by atoms with van der Waals surface area (Å²) in [6.07, 6.45) is 5.03. The van der Waals surface area contributed by atoms with Crippen LogP contribution < -0.4 is 5.32 Å². The zero-order valence-electron chi connectivity index (χ0n) is 22.6. The number of aryl methyl sites for hydroxylation is 1. The van der Waals surface area contributed by atoms with Crippen molar-refractivity contribution in [3.05, 3.63) is 71.3 Å². The predicted molar refractivity (Wildman–Crippen MR) is 148 cm³/mol. The van der Waals surface area contributed by atoms with Crippen LogP contribution in [0, 0.1) is 24.5 Å². The van der Waals surface area contributed by atoms with Crippen LogP contribution in [0.5, 0.6) is 0 Å². The maximum absolute atomic E-state index is 14.5. The number of benzene rings is 2.